The summed E-state index contributed by atoms with van der Waals surface area (Å²) in [7, 11) is 0. The third-order valence-electron chi connectivity index (χ3n) is 2.02. The van der Waals surface area contributed by atoms with Crippen molar-refractivity contribution in [1.82, 2.24) is 4.90 Å². The number of nitrogens with zero attached hydrogens (tertiary/aromatic N) is 1. The highest BCUT2D eigenvalue weighted by Crippen LogP contribution is 2.17. The van der Waals surface area contributed by atoms with Crippen molar-refractivity contribution >= 4 is 0 Å². The van der Waals surface area contributed by atoms with E-state index in [2.05, 4.69) is 32.3 Å². The smallest absolute Gasteiger partial charge is 0.0859 e. The van der Waals surface area contributed by atoms with Crippen LogP contribution in [-0.2, 0) is 4.74 Å². The molecular formula is C9H17NO. The summed E-state index contributed by atoms with van der Waals surface area (Å²) in [5.74, 6) is 0. The summed E-state index contributed by atoms with van der Waals surface area (Å²) in [6.45, 7) is 12.0. The predicted molar refractivity (Wildman–Crippen MR) is 46.4 cm³/mol. The average molecular weight is 155 g/mol. The molecule has 11 heavy (non-hydrogen) atoms. The van der Waals surface area contributed by atoms with Crippen molar-refractivity contribution in [3.8, 4) is 0 Å². The molecule has 0 aromatic heterocycles. The van der Waals surface area contributed by atoms with Crippen molar-refractivity contribution in [3.63, 3.8) is 0 Å². The molecule has 1 atom stereocenters. The van der Waals surface area contributed by atoms with Crippen LogP contribution in [-0.4, -0.2) is 30.2 Å². The zero-order valence-electron chi connectivity index (χ0n) is 7.63. The molecule has 1 rings (SSSR count). The first kappa shape index (κ1) is 8.60. The Morgan fingerprint density at radius 3 is 2.64 bits per heavy atom. The van der Waals surface area contributed by atoms with Gasteiger partial charge in [0.2, 0.25) is 0 Å². The lowest BCUT2D eigenvalue weighted by Gasteiger charge is -2.39. The molecule has 0 saturated carbocycles. The van der Waals surface area contributed by atoms with Gasteiger partial charge >= 0.3 is 0 Å². The Morgan fingerprint density at radius 1 is 1.64 bits per heavy atom. The summed E-state index contributed by atoms with van der Waals surface area (Å²) < 4.78 is 5.33. The molecule has 0 N–H and O–H groups in total. The molecule has 1 saturated heterocycles. The molecule has 1 aliphatic rings. The van der Waals surface area contributed by atoms with E-state index >= 15 is 0 Å². The maximum atomic E-state index is 5.33. The van der Waals surface area contributed by atoms with Gasteiger partial charge in [-0.1, -0.05) is 6.58 Å². The third-order valence-corrected chi connectivity index (χ3v) is 2.02. The number of rotatable bonds is 1. The quantitative estimate of drug-likeness (QED) is 0.570. The summed E-state index contributed by atoms with van der Waals surface area (Å²) in [5.41, 5.74) is 1.11. The van der Waals surface area contributed by atoms with Crippen LogP contribution >= 0.6 is 0 Å². The van der Waals surface area contributed by atoms with Crippen molar-refractivity contribution in [2.45, 2.75) is 32.9 Å². The monoisotopic (exact) mass is 155 g/mol. The van der Waals surface area contributed by atoms with Gasteiger partial charge in [-0.3, -0.25) is 0 Å². The Morgan fingerprint density at radius 2 is 2.27 bits per heavy atom. The van der Waals surface area contributed by atoms with Crippen molar-refractivity contribution in [1.29, 1.82) is 0 Å². The van der Waals surface area contributed by atoms with Gasteiger partial charge in [0, 0.05) is 17.8 Å². The molecule has 0 radical (unpaired) electrons. The van der Waals surface area contributed by atoms with Gasteiger partial charge in [0.15, 0.2) is 0 Å². The summed E-state index contributed by atoms with van der Waals surface area (Å²) in [5, 5.41) is 0. The van der Waals surface area contributed by atoms with Crippen LogP contribution in [0.1, 0.15) is 20.8 Å². The fourth-order valence-corrected chi connectivity index (χ4v) is 1.69. The fourth-order valence-electron chi connectivity index (χ4n) is 1.69. The molecule has 1 unspecified atom stereocenters. The molecule has 64 valence electrons. The van der Waals surface area contributed by atoms with Gasteiger partial charge in [0.25, 0.3) is 0 Å². The van der Waals surface area contributed by atoms with Gasteiger partial charge in [-0.25, -0.2) is 0 Å². The van der Waals surface area contributed by atoms with Crippen LogP contribution in [0.25, 0.3) is 0 Å². The van der Waals surface area contributed by atoms with Gasteiger partial charge in [0.1, 0.15) is 0 Å². The standard InChI is InChI=1S/C9H17NO/c1-7(2)10-8(3)5-11-6-9(10)4/h7,9H,3,5-6H2,1-2,4H3. The minimum Gasteiger partial charge on any atom is -0.373 e. The Hall–Kier alpha value is -0.500. The molecule has 0 spiro atoms. The number of morpholine rings is 1. The fraction of sp³-hybridized carbons (Fsp3) is 0.778. The molecule has 0 aliphatic carbocycles. The van der Waals surface area contributed by atoms with Gasteiger partial charge in [-0.15, -0.1) is 0 Å². The third kappa shape index (κ3) is 1.74. The van der Waals surface area contributed by atoms with E-state index in [0.29, 0.717) is 18.7 Å². The number of ether oxygens (including phenoxy) is 1. The molecule has 0 aromatic rings. The summed E-state index contributed by atoms with van der Waals surface area (Å²) >= 11 is 0. The van der Waals surface area contributed by atoms with E-state index in [1.807, 2.05) is 0 Å². The van der Waals surface area contributed by atoms with E-state index < -0.39 is 0 Å². The van der Waals surface area contributed by atoms with E-state index in [4.69, 9.17) is 4.74 Å². The first-order valence-corrected chi connectivity index (χ1v) is 4.16. The highest BCUT2D eigenvalue weighted by Gasteiger charge is 2.22. The molecule has 0 amide bonds. The molecular weight excluding hydrogens is 138 g/mol. The minimum atomic E-state index is 0.483. The number of hydrogen-bond donors (Lipinski definition) is 0. The van der Waals surface area contributed by atoms with Crippen LogP contribution in [0, 0.1) is 0 Å². The summed E-state index contributed by atoms with van der Waals surface area (Å²) in [6, 6.07) is 1.03. The second kappa shape index (κ2) is 3.26. The molecule has 2 heteroatoms. The van der Waals surface area contributed by atoms with Crippen molar-refractivity contribution in [2.24, 2.45) is 0 Å². The van der Waals surface area contributed by atoms with Crippen LogP contribution in [0.4, 0.5) is 0 Å². The lowest BCUT2D eigenvalue weighted by molar-refractivity contribution is 0.0216. The van der Waals surface area contributed by atoms with Crippen LogP contribution in [0.2, 0.25) is 0 Å². The van der Waals surface area contributed by atoms with Crippen molar-refractivity contribution in [2.75, 3.05) is 13.2 Å². The van der Waals surface area contributed by atoms with E-state index in [-0.39, 0.29) is 0 Å². The molecule has 1 fully saturated rings. The topological polar surface area (TPSA) is 12.5 Å². The van der Waals surface area contributed by atoms with Gasteiger partial charge in [-0.2, -0.15) is 0 Å². The molecule has 0 bridgehead atoms. The second-order valence-electron chi connectivity index (χ2n) is 3.43. The van der Waals surface area contributed by atoms with Crippen LogP contribution in [0.5, 0.6) is 0 Å². The number of hydrogen-bond acceptors (Lipinski definition) is 2. The normalized spacial score (nSPS) is 26.4. The lowest BCUT2D eigenvalue weighted by atomic mass is 10.2. The van der Waals surface area contributed by atoms with E-state index in [9.17, 15) is 0 Å². The van der Waals surface area contributed by atoms with Crippen LogP contribution in [0.3, 0.4) is 0 Å². The first-order valence-electron chi connectivity index (χ1n) is 4.16. The van der Waals surface area contributed by atoms with Gasteiger partial charge in [-0.05, 0) is 20.8 Å². The molecule has 0 aromatic carbocycles. The van der Waals surface area contributed by atoms with Crippen LogP contribution < -0.4 is 0 Å². The average Bonchev–Trinajstić information content (AvgIpc) is 1.85. The minimum absolute atomic E-state index is 0.483. The maximum Gasteiger partial charge on any atom is 0.0859 e. The SMILES string of the molecule is C=C1COCC(C)N1C(C)C. The Kier molecular flexibility index (Phi) is 2.55. The maximum absolute atomic E-state index is 5.33. The van der Waals surface area contributed by atoms with Crippen molar-refractivity contribution < 1.29 is 4.74 Å². The Balaban J connectivity index is 2.63. The van der Waals surface area contributed by atoms with Gasteiger partial charge in [0.05, 0.1) is 13.2 Å². The largest absolute Gasteiger partial charge is 0.373 e. The van der Waals surface area contributed by atoms with E-state index in [1.165, 1.54) is 0 Å². The summed E-state index contributed by atoms with van der Waals surface area (Å²) in [6.07, 6.45) is 0. The highest BCUT2D eigenvalue weighted by molar-refractivity contribution is 5.00. The highest BCUT2D eigenvalue weighted by atomic mass is 16.5. The Labute approximate surface area is 68.8 Å². The molecule has 1 heterocycles. The zero-order valence-corrected chi connectivity index (χ0v) is 7.63. The van der Waals surface area contributed by atoms with Gasteiger partial charge < -0.3 is 9.64 Å². The Bertz CT molecular complexity index is 154. The van der Waals surface area contributed by atoms with E-state index in [0.717, 1.165) is 12.3 Å². The first-order chi connectivity index (χ1) is 5.13. The lowest BCUT2D eigenvalue weighted by Crippen LogP contribution is -2.45. The summed E-state index contributed by atoms with van der Waals surface area (Å²) in [4.78, 5) is 2.32. The molecule has 2 nitrogen and oxygen atoms in total. The van der Waals surface area contributed by atoms with E-state index in [1.54, 1.807) is 0 Å². The second-order valence-corrected chi connectivity index (χ2v) is 3.43. The molecule has 1 aliphatic heterocycles. The predicted octanol–water partition coefficient (Wildman–Crippen LogP) is 1.63. The van der Waals surface area contributed by atoms with Crippen LogP contribution in [0.15, 0.2) is 12.3 Å². The van der Waals surface area contributed by atoms with Crippen molar-refractivity contribution in [3.05, 3.63) is 12.3 Å². The zero-order chi connectivity index (χ0) is 8.43.